The van der Waals surface area contributed by atoms with Crippen LogP contribution in [0.5, 0.6) is 0 Å². The zero-order valence-electron chi connectivity index (χ0n) is 13.3. The van der Waals surface area contributed by atoms with E-state index >= 15 is 0 Å². The molecule has 1 amide bonds. The van der Waals surface area contributed by atoms with Gasteiger partial charge in [-0.05, 0) is 38.0 Å². The van der Waals surface area contributed by atoms with Crippen LogP contribution in [0.3, 0.4) is 0 Å². The van der Waals surface area contributed by atoms with E-state index in [0.29, 0.717) is 33.4 Å². The van der Waals surface area contributed by atoms with Gasteiger partial charge in [-0.25, -0.2) is 9.97 Å². The largest absolute Gasteiger partial charge is 0.351 e. The van der Waals surface area contributed by atoms with Crippen LogP contribution in [-0.2, 0) is 0 Å². The number of hydrogen-bond acceptors (Lipinski definition) is 4. The van der Waals surface area contributed by atoms with E-state index in [0.717, 1.165) is 18.5 Å². The van der Waals surface area contributed by atoms with Gasteiger partial charge >= 0.3 is 0 Å². The number of carbonyl (C=O) groups is 1. The highest BCUT2D eigenvalue weighted by Crippen LogP contribution is 2.29. The van der Waals surface area contributed by atoms with Gasteiger partial charge in [-0.15, -0.1) is 0 Å². The van der Waals surface area contributed by atoms with Crippen molar-refractivity contribution in [2.24, 2.45) is 0 Å². The molecule has 0 aliphatic heterocycles. The van der Waals surface area contributed by atoms with Gasteiger partial charge in [-0.2, -0.15) is 0 Å². The van der Waals surface area contributed by atoms with E-state index in [2.05, 4.69) is 20.6 Å². The molecule has 1 fully saturated rings. The molecule has 2 aromatic rings. The monoisotopic (exact) mass is 364 g/mol. The Morgan fingerprint density at radius 1 is 1.21 bits per heavy atom. The average molecular weight is 365 g/mol. The lowest BCUT2D eigenvalue weighted by Crippen LogP contribution is -2.20. The fraction of sp³-hybridized carbons (Fsp3) is 0.353. The zero-order chi connectivity index (χ0) is 17.1. The Labute approximate surface area is 150 Å². The molecule has 3 rings (SSSR count). The first-order valence-electron chi connectivity index (χ1n) is 7.90. The highest BCUT2D eigenvalue weighted by Gasteiger charge is 2.18. The molecule has 24 heavy (non-hydrogen) atoms. The van der Waals surface area contributed by atoms with Crippen LogP contribution in [0.1, 0.15) is 41.9 Å². The Hall–Kier alpha value is -1.85. The maximum Gasteiger partial charge on any atom is 0.274 e. The molecule has 5 nitrogen and oxygen atoms in total. The van der Waals surface area contributed by atoms with E-state index in [4.69, 9.17) is 23.2 Å². The van der Waals surface area contributed by atoms with Crippen molar-refractivity contribution in [3.8, 4) is 0 Å². The number of amides is 1. The van der Waals surface area contributed by atoms with E-state index in [9.17, 15) is 4.79 Å². The molecule has 126 valence electrons. The maximum absolute atomic E-state index is 12.5. The van der Waals surface area contributed by atoms with Crippen LogP contribution in [0.25, 0.3) is 0 Å². The van der Waals surface area contributed by atoms with Crippen molar-refractivity contribution < 1.29 is 4.79 Å². The number of hydrogen-bond donors (Lipinski definition) is 2. The summed E-state index contributed by atoms with van der Waals surface area (Å²) >= 11 is 12.1. The lowest BCUT2D eigenvalue weighted by molar-refractivity contribution is 0.102. The number of nitrogens with one attached hydrogen (secondary N) is 2. The number of anilines is 2. The molecular weight excluding hydrogens is 347 g/mol. The lowest BCUT2D eigenvalue weighted by atomic mass is 10.2. The number of aryl methyl sites for hydroxylation is 1. The van der Waals surface area contributed by atoms with E-state index in [-0.39, 0.29) is 5.91 Å². The summed E-state index contributed by atoms with van der Waals surface area (Å²) in [5, 5.41) is 6.75. The number of aromatic nitrogens is 2. The van der Waals surface area contributed by atoms with Crippen LogP contribution < -0.4 is 10.6 Å². The SMILES string of the molecule is Cc1cc(C(=O)Nc2cccc(Cl)c2Cl)nc(NC2CCCC2)n1. The molecule has 7 heteroatoms. The van der Waals surface area contributed by atoms with E-state index in [1.54, 1.807) is 24.3 Å². The van der Waals surface area contributed by atoms with Gasteiger partial charge in [0.05, 0.1) is 15.7 Å². The summed E-state index contributed by atoms with van der Waals surface area (Å²) < 4.78 is 0. The summed E-state index contributed by atoms with van der Waals surface area (Å²) in [6, 6.07) is 7.11. The second-order valence-corrected chi connectivity index (χ2v) is 6.68. The Bertz CT molecular complexity index is 760. The summed E-state index contributed by atoms with van der Waals surface area (Å²) in [5.74, 6) is 0.142. The zero-order valence-corrected chi connectivity index (χ0v) is 14.8. The topological polar surface area (TPSA) is 66.9 Å². The smallest absolute Gasteiger partial charge is 0.274 e. The summed E-state index contributed by atoms with van der Waals surface area (Å²) in [6.45, 7) is 1.84. The molecule has 1 aromatic heterocycles. The van der Waals surface area contributed by atoms with Crippen molar-refractivity contribution in [1.29, 1.82) is 0 Å². The molecule has 1 saturated carbocycles. The fourth-order valence-corrected chi connectivity index (χ4v) is 3.14. The molecule has 1 heterocycles. The number of rotatable bonds is 4. The molecule has 2 N–H and O–H groups in total. The molecule has 0 bridgehead atoms. The Morgan fingerprint density at radius 2 is 1.96 bits per heavy atom. The van der Waals surface area contributed by atoms with Gasteiger partial charge in [0.2, 0.25) is 5.95 Å². The van der Waals surface area contributed by atoms with Gasteiger partial charge in [0.25, 0.3) is 5.91 Å². The minimum Gasteiger partial charge on any atom is -0.351 e. The van der Waals surface area contributed by atoms with Crippen molar-refractivity contribution >= 4 is 40.7 Å². The van der Waals surface area contributed by atoms with E-state index in [1.165, 1.54) is 12.8 Å². The van der Waals surface area contributed by atoms with Gasteiger partial charge in [0.1, 0.15) is 5.69 Å². The quantitative estimate of drug-likeness (QED) is 0.824. The minimum atomic E-state index is -0.348. The average Bonchev–Trinajstić information content (AvgIpc) is 3.04. The summed E-state index contributed by atoms with van der Waals surface area (Å²) in [7, 11) is 0. The van der Waals surface area contributed by atoms with Gasteiger partial charge in [0.15, 0.2) is 0 Å². The van der Waals surface area contributed by atoms with Crippen molar-refractivity contribution in [2.75, 3.05) is 10.6 Å². The maximum atomic E-state index is 12.5. The standard InChI is InChI=1S/C17H18Cl2N4O/c1-10-9-14(23-17(20-10)21-11-5-2-3-6-11)16(24)22-13-8-4-7-12(18)15(13)19/h4,7-9,11H,2-3,5-6H2,1H3,(H,22,24)(H,20,21,23). The third kappa shape index (κ3) is 3.97. The van der Waals surface area contributed by atoms with Gasteiger partial charge in [0, 0.05) is 11.7 Å². The van der Waals surface area contributed by atoms with Gasteiger partial charge < -0.3 is 10.6 Å². The normalized spacial score (nSPS) is 14.6. The second-order valence-electron chi connectivity index (χ2n) is 5.90. The number of nitrogens with zero attached hydrogens (tertiary/aromatic N) is 2. The van der Waals surface area contributed by atoms with Crippen LogP contribution in [0.15, 0.2) is 24.3 Å². The highest BCUT2D eigenvalue weighted by atomic mass is 35.5. The lowest BCUT2D eigenvalue weighted by Gasteiger charge is -2.13. The molecule has 1 aliphatic rings. The number of halogens is 2. The molecular formula is C17H18Cl2N4O. The summed E-state index contributed by atoms with van der Waals surface area (Å²) in [4.78, 5) is 21.2. The van der Waals surface area contributed by atoms with Crippen molar-refractivity contribution in [2.45, 2.75) is 38.6 Å². The molecule has 0 unspecified atom stereocenters. The van der Waals surface area contributed by atoms with Crippen molar-refractivity contribution in [3.05, 3.63) is 45.7 Å². The molecule has 0 saturated heterocycles. The van der Waals surface area contributed by atoms with Gasteiger partial charge in [-0.1, -0.05) is 42.1 Å². The van der Waals surface area contributed by atoms with Crippen LogP contribution in [0.2, 0.25) is 10.0 Å². The first-order chi connectivity index (χ1) is 11.5. The third-order valence-corrected chi connectivity index (χ3v) is 4.79. The van der Waals surface area contributed by atoms with E-state index in [1.807, 2.05) is 6.92 Å². The molecule has 0 radical (unpaired) electrons. The highest BCUT2D eigenvalue weighted by molar-refractivity contribution is 6.44. The van der Waals surface area contributed by atoms with Crippen LogP contribution >= 0.6 is 23.2 Å². The Kier molecular flexibility index (Phi) is 5.21. The van der Waals surface area contributed by atoms with Crippen LogP contribution in [0, 0.1) is 6.92 Å². The molecule has 0 spiro atoms. The Balaban J connectivity index is 1.78. The van der Waals surface area contributed by atoms with Crippen LogP contribution in [-0.4, -0.2) is 21.9 Å². The predicted octanol–water partition coefficient (Wildman–Crippen LogP) is 4.70. The number of carbonyl (C=O) groups excluding carboxylic acids is 1. The minimum absolute atomic E-state index is 0.291. The Morgan fingerprint density at radius 3 is 2.71 bits per heavy atom. The second kappa shape index (κ2) is 7.36. The van der Waals surface area contributed by atoms with Crippen LogP contribution in [0.4, 0.5) is 11.6 Å². The molecule has 0 atom stereocenters. The molecule has 1 aliphatic carbocycles. The molecule has 1 aromatic carbocycles. The number of benzene rings is 1. The van der Waals surface area contributed by atoms with Gasteiger partial charge in [-0.3, -0.25) is 4.79 Å². The third-order valence-electron chi connectivity index (χ3n) is 3.98. The summed E-state index contributed by atoms with van der Waals surface area (Å²) in [6.07, 6.45) is 4.64. The van der Waals surface area contributed by atoms with Crippen molar-refractivity contribution in [3.63, 3.8) is 0 Å². The van der Waals surface area contributed by atoms with Crippen molar-refractivity contribution in [1.82, 2.24) is 9.97 Å². The fourth-order valence-electron chi connectivity index (χ4n) is 2.79. The first-order valence-corrected chi connectivity index (χ1v) is 8.66. The first kappa shape index (κ1) is 17.0. The summed E-state index contributed by atoms with van der Waals surface area (Å²) in [5.41, 5.74) is 1.47. The van der Waals surface area contributed by atoms with E-state index < -0.39 is 0 Å². The predicted molar refractivity (Wildman–Crippen MR) is 97.1 cm³/mol.